The van der Waals surface area contributed by atoms with Crippen molar-refractivity contribution in [2.75, 3.05) is 20.6 Å². The molecule has 1 heterocycles. The van der Waals surface area contributed by atoms with Crippen molar-refractivity contribution in [1.29, 1.82) is 0 Å². The fourth-order valence-corrected chi connectivity index (χ4v) is 3.89. The van der Waals surface area contributed by atoms with Crippen LogP contribution in [0, 0.1) is 0 Å². The topological polar surface area (TPSA) is 47.9 Å². The molecule has 0 bridgehead atoms. The smallest absolute Gasteiger partial charge is 0.222 e. The molecule has 0 spiro atoms. The standard InChI is InChI=1S/C22H27BrN4O.HI/c1-24-22(26(2)15-19-10-5-6-11-20(19)23)25-14-17-8-3-4-9-18(17)16-27-13-7-12-21(27)28;/h3-6,8-11H,7,12-16H2,1-2H3,(H,24,25);1H. The van der Waals surface area contributed by atoms with Crippen molar-refractivity contribution in [3.63, 3.8) is 0 Å². The summed E-state index contributed by atoms with van der Waals surface area (Å²) >= 11 is 3.61. The SMILES string of the molecule is CN=C(NCc1ccccc1CN1CCCC1=O)N(C)Cc1ccccc1Br.I. The number of likely N-dealkylation sites (tertiary alicyclic amines) is 1. The van der Waals surface area contributed by atoms with Crippen LogP contribution in [0.2, 0.25) is 0 Å². The monoisotopic (exact) mass is 570 g/mol. The second-order valence-corrected chi connectivity index (χ2v) is 7.89. The summed E-state index contributed by atoms with van der Waals surface area (Å²) in [7, 11) is 3.83. The minimum atomic E-state index is 0. The number of guanidine groups is 1. The Kier molecular flexibility index (Phi) is 9.42. The first-order valence-electron chi connectivity index (χ1n) is 9.58. The zero-order valence-electron chi connectivity index (χ0n) is 16.9. The van der Waals surface area contributed by atoms with Crippen LogP contribution in [0.3, 0.4) is 0 Å². The number of carbonyl (C=O) groups is 1. The maximum Gasteiger partial charge on any atom is 0.222 e. The molecule has 2 aromatic carbocycles. The molecule has 0 radical (unpaired) electrons. The second kappa shape index (κ2) is 11.5. The molecule has 1 amide bonds. The highest BCUT2D eigenvalue weighted by atomic mass is 127. The number of benzene rings is 2. The summed E-state index contributed by atoms with van der Waals surface area (Å²) in [5, 5.41) is 3.46. The molecule has 1 aliphatic rings. The molecule has 1 saturated heterocycles. The number of amides is 1. The van der Waals surface area contributed by atoms with Gasteiger partial charge in [0.05, 0.1) is 0 Å². The quantitative estimate of drug-likeness (QED) is 0.318. The number of aliphatic imine (C=N–C) groups is 1. The second-order valence-electron chi connectivity index (χ2n) is 7.04. The fraction of sp³-hybridized carbons (Fsp3) is 0.364. The van der Waals surface area contributed by atoms with Crippen LogP contribution in [0.4, 0.5) is 0 Å². The molecule has 1 aliphatic heterocycles. The van der Waals surface area contributed by atoms with Gasteiger partial charge in [-0.05, 0) is 29.2 Å². The Bertz CT molecular complexity index is 858. The minimum Gasteiger partial charge on any atom is -0.352 e. The van der Waals surface area contributed by atoms with Crippen molar-refractivity contribution in [3.8, 4) is 0 Å². The summed E-state index contributed by atoms with van der Waals surface area (Å²) in [5.74, 6) is 1.09. The first-order chi connectivity index (χ1) is 13.6. The Morgan fingerprint density at radius 1 is 1.14 bits per heavy atom. The fourth-order valence-electron chi connectivity index (χ4n) is 3.48. The van der Waals surface area contributed by atoms with Crippen LogP contribution in [0.25, 0.3) is 0 Å². The van der Waals surface area contributed by atoms with Crippen molar-refractivity contribution >= 4 is 51.8 Å². The summed E-state index contributed by atoms with van der Waals surface area (Å²) < 4.78 is 1.10. The number of carbonyl (C=O) groups excluding carboxylic acids is 1. The summed E-state index contributed by atoms with van der Waals surface area (Å²) in [6.45, 7) is 2.97. The summed E-state index contributed by atoms with van der Waals surface area (Å²) in [5.41, 5.74) is 3.59. The summed E-state index contributed by atoms with van der Waals surface area (Å²) in [4.78, 5) is 20.5. The van der Waals surface area contributed by atoms with Gasteiger partial charge in [-0.3, -0.25) is 9.79 Å². The van der Waals surface area contributed by atoms with Gasteiger partial charge < -0.3 is 15.1 Å². The van der Waals surface area contributed by atoms with Crippen LogP contribution in [0.5, 0.6) is 0 Å². The molecule has 0 unspecified atom stereocenters. The number of hydrogen-bond acceptors (Lipinski definition) is 2. The van der Waals surface area contributed by atoms with Gasteiger partial charge in [0, 0.05) is 51.2 Å². The zero-order valence-corrected chi connectivity index (χ0v) is 20.8. The Morgan fingerprint density at radius 2 is 1.79 bits per heavy atom. The molecule has 0 saturated carbocycles. The number of halogens is 2. The Balaban J connectivity index is 0.00000300. The highest BCUT2D eigenvalue weighted by molar-refractivity contribution is 14.0. The van der Waals surface area contributed by atoms with Gasteiger partial charge >= 0.3 is 0 Å². The van der Waals surface area contributed by atoms with Gasteiger partial charge in [0.2, 0.25) is 5.91 Å². The van der Waals surface area contributed by atoms with Gasteiger partial charge in [-0.2, -0.15) is 0 Å². The molecule has 0 aliphatic carbocycles. The molecule has 1 N–H and O–H groups in total. The van der Waals surface area contributed by atoms with E-state index in [1.165, 1.54) is 16.7 Å². The molecule has 5 nitrogen and oxygen atoms in total. The lowest BCUT2D eigenvalue weighted by atomic mass is 10.1. The van der Waals surface area contributed by atoms with Crippen molar-refractivity contribution in [2.24, 2.45) is 4.99 Å². The van der Waals surface area contributed by atoms with Gasteiger partial charge in [0.15, 0.2) is 5.96 Å². The lowest BCUT2D eigenvalue weighted by Gasteiger charge is -2.24. The van der Waals surface area contributed by atoms with Gasteiger partial charge in [0.1, 0.15) is 0 Å². The van der Waals surface area contributed by atoms with E-state index in [1.54, 1.807) is 7.05 Å². The predicted molar refractivity (Wildman–Crippen MR) is 132 cm³/mol. The van der Waals surface area contributed by atoms with Gasteiger partial charge in [0.25, 0.3) is 0 Å². The molecular formula is C22H28BrIN4O. The zero-order chi connectivity index (χ0) is 19.9. The third kappa shape index (κ3) is 6.44. The van der Waals surface area contributed by atoms with E-state index in [-0.39, 0.29) is 29.9 Å². The molecule has 0 aromatic heterocycles. The molecule has 7 heteroatoms. The van der Waals surface area contributed by atoms with Crippen LogP contribution in [0.15, 0.2) is 58.0 Å². The van der Waals surface area contributed by atoms with Gasteiger partial charge in [-0.1, -0.05) is 58.4 Å². The summed E-state index contributed by atoms with van der Waals surface area (Å²) in [6, 6.07) is 16.5. The molecule has 0 atom stereocenters. The van der Waals surface area contributed by atoms with Crippen LogP contribution in [-0.4, -0.2) is 42.3 Å². The van der Waals surface area contributed by atoms with E-state index in [1.807, 2.05) is 36.2 Å². The first-order valence-corrected chi connectivity index (χ1v) is 10.4. The molecule has 2 aromatic rings. The number of hydrogen-bond donors (Lipinski definition) is 1. The van der Waals surface area contributed by atoms with Crippen molar-refractivity contribution in [1.82, 2.24) is 15.1 Å². The predicted octanol–water partition coefficient (Wildman–Crippen LogP) is 4.40. The number of rotatable bonds is 6. The summed E-state index contributed by atoms with van der Waals surface area (Å²) in [6.07, 6.45) is 1.64. The van der Waals surface area contributed by atoms with E-state index in [0.29, 0.717) is 19.5 Å². The third-order valence-electron chi connectivity index (χ3n) is 5.03. The maximum absolute atomic E-state index is 12.0. The van der Waals surface area contributed by atoms with E-state index in [0.717, 1.165) is 29.9 Å². The van der Waals surface area contributed by atoms with Crippen LogP contribution < -0.4 is 5.32 Å². The van der Waals surface area contributed by atoms with E-state index in [2.05, 4.69) is 55.4 Å². The Labute approximate surface area is 198 Å². The molecule has 3 rings (SSSR count). The molecule has 1 fully saturated rings. The average Bonchev–Trinajstić information content (AvgIpc) is 3.10. The molecule has 29 heavy (non-hydrogen) atoms. The van der Waals surface area contributed by atoms with E-state index >= 15 is 0 Å². The lowest BCUT2D eigenvalue weighted by molar-refractivity contribution is -0.128. The highest BCUT2D eigenvalue weighted by Gasteiger charge is 2.21. The largest absolute Gasteiger partial charge is 0.352 e. The number of nitrogens with zero attached hydrogens (tertiary/aromatic N) is 3. The van der Waals surface area contributed by atoms with E-state index in [4.69, 9.17) is 0 Å². The van der Waals surface area contributed by atoms with Crippen LogP contribution in [0.1, 0.15) is 29.5 Å². The highest BCUT2D eigenvalue weighted by Crippen LogP contribution is 2.19. The molecule has 156 valence electrons. The number of nitrogens with one attached hydrogen (secondary N) is 1. The van der Waals surface area contributed by atoms with E-state index < -0.39 is 0 Å². The van der Waals surface area contributed by atoms with Crippen molar-refractivity contribution in [3.05, 3.63) is 69.7 Å². The van der Waals surface area contributed by atoms with E-state index in [9.17, 15) is 4.79 Å². The van der Waals surface area contributed by atoms with Gasteiger partial charge in [-0.15, -0.1) is 24.0 Å². The minimum absolute atomic E-state index is 0. The van der Waals surface area contributed by atoms with Gasteiger partial charge in [-0.25, -0.2) is 0 Å². The van der Waals surface area contributed by atoms with Crippen molar-refractivity contribution < 1.29 is 4.79 Å². The maximum atomic E-state index is 12.0. The Hall–Kier alpha value is -1.61. The first kappa shape index (κ1) is 23.7. The van der Waals surface area contributed by atoms with Crippen LogP contribution in [-0.2, 0) is 24.4 Å². The lowest BCUT2D eigenvalue weighted by Crippen LogP contribution is -2.38. The third-order valence-corrected chi connectivity index (χ3v) is 5.80. The Morgan fingerprint density at radius 3 is 2.41 bits per heavy atom. The van der Waals surface area contributed by atoms with Crippen molar-refractivity contribution in [2.45, 2.75) is 32.5 Å². The van der Waals surface area contributed by atoms with Crippen LogP contribution >= 0.6 is 39.9 Å². The molecular weight excluding hydrogens is 543 g/mol. The average molecular weight is 571 g/mol. The normalized spacial score (nSPS) is 14.0.